The molecule has 10 nitrogen and oxygen atoms in total. The molecule has 4 atom stereocenters. The van der Waals surface area contributed by atoms with Gasteiger partial charge in [0.1, 0.15) is 5.69 Å². The number of aromatic nitrogens is 3. The van der Waals surface area contributed by atoms with Crippen LogP contribution in [0, 0.1) is 29.1 Å². The molecule has 0 bridgehead atoms. The van der Waals surface area contributed by atoms with E-state index in [1.165, 1.54) is 31.4 Å². The van der Waals surface area contributed by atoms with E-state index in [0.29, 0.717) is 0 Å². The third kappa shape index (κ3) is 4.12. The number of ether oxygens (including phenoxy) is 1. The zero-order valence-electron chi connectivity index (χ0n) is 24.5. The molecule has 1 saturated carbocycles. The van der Waals surface area contributed by atoms with E-state index in [4.69, 9.17) is 39.5 Å². The second kappa shape index (κ2) is 11.0. The van der Waals surface area contributed by atoms with Crippen LogP contribution in [0.25, 0.3) is 5.69 Å². The molecular formula is C31H18Cl3F5N4O6. The summed E-state index contributed by atoms with van der Waals surface area (Å²) in [5.74, 6) is -18.2. The van der Waals surface area contributed by atoms with Gasteiger partial charge in [0.05, 0.1) is 30.4 Å². The van der Waals surface area contributed by atoms with Gasteiger partial charge in [0.15, 0.2) is 44.5 Å². The van der Waals surface area contributed by atoms with Gasteiger partial charge in [-0.3, -0.25) is 9.59 Å². The molecule has 1 N–H and O–H groups in total. The maximum absolute atomic E-state index is 15.2. The molecule has 7 rings (SSSR count). The van der Waals surface area contributed by atoms with Gasteiger partial charge in [-0.15, -0.1) is 23.2 Å². The van der Waals surface area contributed by atoms with Crippen molar-refractivity contribution in [1.82, 2.24) is 13.9 Å². The van der Waals surface area contributed by atoms with Crippen LogP contribution in [0.15, 0.2) is 63.7 Å². The highest BCUT2D eigenvalue weighted by Gasteiger charge is 2.76. The number of phenolic OH excluding ortho intramolecular Hbond substituents is 1. The third-order valence-corrected chi connectivity index (χ3v) is 10.8. The molecule has 1 aromatic heterocycles. The van der Waals surface area contributed by atoms with E-state index in [0.717, 1.165) is 20.0 Å². The van der Waals surface area contributed by atoms with E-state index in [9.17, 15) is 37.5 Å². The molecule has 3 aliphatic rings. The molecular weight excluding hydrogens is 726 g/mol. The normalized spacial score (nSPS) is 24.4. The van der Waals surface area contributed by atoms with Crippen molar-refractivity contribution in [2.75, 3.05) is 12.0 Å². The largest absolute Gasteiger partial charge is 0.503 e. The van der Waals surface area contributed by atoms with Gasteiger partial charge in [0.2, 0.25) is 5.82 Å². The summed E-state index contributed by atoms with van der Waals surface area (Å²) in [6.07, 6.45) is 0.649. The van der Waals surface area contributed by atoms with E-state index in [1.54, 1.807) is 18.2 Å². The van der Waals surface area contributed by atoms with Crippen molar-refractivity contribution in [1.29, 1.82) is 0 Å². The molecule has 2 amide bonds. The number of phenols is 1. The molecule has 3 aromatic carbocycles. The molecule has 4 aromatic rings. The maximum atomic E-state index is 15.2. The Kier molecular flexibility index (Phi) is 7.36. The number of benzene rings is 3. The number of alkyl halides is 2. The number of allylic oxidation sites excluding steroid dienone is 2. The number of hydrogen-bond acceptors (Lipinski definition) is 6. The molecule has 1 saturated heterocycles. The number of halogens is 8. The van der Waals surface area contributed by atoms with E-state index in [2.05, 4.69) is 0 Å². The van der Waals surface area contributed by atoms with E-state index in [1.807, 2.05) is 0 Å². The number of imide groups is 1. The lowest BCUT2D eigenvalue weighted by molar-refractivity contribution is -0.122. The SMILES string of the molecule is COc1cc(C2C3=CCn4c(=O)n(-c5ccccc5)c(=O)n4C3CC3(Cl)C(=O)N(c4c(F)c(F)c(F)c(F)c4F)C(=O)C23Cl)cc(Cl)c1O. The Bertz CT molecular complexity index is 2280. The van der Waals surface area contributed by atoms with Gasteiger partial charge >= 0.3 is 11.4 Å². The fourth-order valence-corrected chi connectivity index (χ4v) is 8.05. The Morgan fingerprint density at radius 1 is 0.878 bits per heavy atom. The number of aromatic hydroxyl groups is 1. The predicted octanol–water partition coefficient (Wildman–Crippen LogP) is 5.06. The van der Waals surface area contributed by atoms with Crippen molar-refractivity contribution in [3.63, 3.8) is 0 Å². The second-order valence-corrected chi connectivity index (χ2v) is 13.1. The summed E-state index contributed by atoms with van der Waals surface area (Å²) >= 11 is 20.4. The van der Waals surface area contributed by atoms with Gasteiger partial charge in [-0.05, 0) is 35.4 Å². The lowest BCUT2D eigenvalue weighted by atomic mass is 9.64. The quantitative estimate of drug-likeness (QED) is 0.0781. The highest BCUT2D eigenvalue weighted by Crippen LogP contribution is 2.64. The number of carbonyl (C=O) groups is 2. The van der Waals surface area contributed by atoms with Crippen LogP contribution in [-0.4, -0.2) is 47.7 Å². The molecule has 18 heteroatoms. The molecule has 49 heavy (non-hydrogen) atoms. The molecule has 0 spiro atoms. The first kappa shape index (κ1) is 32.9. The van der Waals surface area contributed by atoms with Crippen molar-refractivity contribution < 1.29 is 41.4 Å². The Hall–Kier alpha value is -4.60. The van der Waals surface area contributed by atoms with E-state index in [-0.39, 0.29) is 39.0 Å². The number of nitrogens with zero attached hydrogens (tertiary/aromatic N) is 4. The lowest BCUT2D eigenvalue weighted by Crippen LogP contribution is -2.59. The number of fused-ring (bicyclic) bond motifs is 4. The summed E-state index contributed by atoms with van der Waals surface area (Å²) in [4.78, 5) is 50.2. The van der Waals surface area contributed by atoms with Crippen LogP contribution in [0.1, 0.15) is 23.9 Å². The van der Waals surface area contributed by atoms with E-state index < -0.39 is 91.8 Å². The van der Waals surface area contributed by atoms with Crippen molar-refractivity contribution in [2.24, 2.45) is 0 Å². The summed E-state index contributed by atoms with van der Waals surface area (Å²) in [6, 6.07) is 8.75. The van der Waals surface area contributed by atoms with Crippen molar-refractivity contribution in [3.8, 4) is 17.2 Å². The smallest absolute Gasteiger partial charge is 0.352 e. The van der Waals surface area contributed by atoms with Crippen molar-refractivity contribution >= 4 is 52.3 Å². The van der Waals surface area contributed by atoms with Crippen LogP contribution in [-0.2, 0) is 16.1 Å². The fraction of sp³-hybridized carbons (Fsp3) is 0.226. The summed E-state index contributed by atoms with van der Waals surface area (Å²) < 4.78 is 81.2. The zero-order chi connectivity index (χ0) is 35.5. The third-order valence-electron chi connectivity index (χ3n) is 9.11. The molecule has 254 valence electrons. The van der Waals surface area contributed by atoms with Gasteiger partial charge in [0.25, 0.3) is 11.8 Å². The lowest BCUT2D eigenvalue weighted by Gasteiger charge is -2.49. The predicted molar refractivity (Wildman–Crippen MR) is 164 cm³/mol. The van der Waals surface area contributed by atoms with E-state index >= 15 is 8.78 Å². The fourth-order valence-electron chi connectivity index (χ4n) is 6.92. The number of amides is 2. The summed E-state index contributed by atoms with van der Waals surface area (Å²) in [5, 5.41) is 10.1. The van der Waals surface area contributed by atoms with Gasteiger partial charge < -0.3 is 9.84 Å². The van der Waals surface area contributed by atoms with Crippen LogP contribution in [0.2, 0.25) is 5.02 Å². The Morgan fingerprint density at radius 2 is 1.49 bits per heavy atom. The van der Waals surface area contributed by atoms with Gasteiger partial charge in [-0.1, -0.05) is 35.9 Å². The van der Waals surface area contributed by atoms with Gasteiger partial charge in [-0.25, -0.2) is 50.4 Å². The molecule has 1 aliphatic carbocycles. The number of anilines is 1. The molecule has 3 heterocycles. The first-order valence-electron chi connectivity index (χ1n) is 14.2. The summed E-state index contributed by atoms with van der Waals surface area (Å²) in [7, 11) is 1.17. The molecule has 0 radical (unpaired) electrons. The highest BCUT2D eigenvalue weighted by molar-refractivity contribution is 6.58. The zero-order valence-corrected chi connectivity index (χ0v) is 26.8. The van der Waals surface area contributed by atoms with Gasteiger partial charge in [0, 0.05) is 12.3 Å². The number of para-hydroxylation sites is 1. The average molecular weight is 744 g/mol. The summed E-state index contributed by atoms with van der Waals surface area (Å²) in [6.45, 7) is -0.287. The molecule has 2 aliphatic heterocycles. The number of rotatable bonds is 4. The summed E-state index contributed by atoms with van der Waals surface area (Å²) in [5.41, 5.74) is -3.39. The minimum absolute atomic E-state index is 0.0672. The number of methoxy groups -OCH3 is 1. The van der Waals surface area contributed by atoms with Gasteiger partial charge in [-0.2, -0.15) is 0 Å². The van der Waals surface area contributed by atoms with Crippen LogP contribution in [0.4, 0.5) is 27.6 Å². The topological polar surface area (TPSA) is 116 Å². The van der Waals surface area contributed by atoms with Crippen LogP contribution in [0.5, 0.6) is 11.5 Å². The highest BCUT2D eigenvalue weighted by atomic mass is 35.5. The number of hydrogen-bond donors (Lipinski definition) is 1. The first-order valence-corrected chi connectivity index (χ1v) is 15.3. The standard InChI is InChI=1S/C31H18Cl3F5N4O6/c1-49-17-10-12(9-15(32)25(17)44)18-14-7-8-40-28(47)41(13-5-3-2-4-6-13)29(48)43(40)16(14)11-30(33)26(45)42(27(46)31(18,30)34)24-22(38)20(36)19(35)21(37)23(24)39/h2-7,9-10,16,18,44H,8,11H2,1H3. The minimum Gasteiger partial charge on any atom is -0.503 e. The Morgan fingerprint density at radius 3 is 2.10 bits per heavy atom. The number of carbonyl (C=O) groups excluding carboxylic acids is 2. The Balaban J connectivity index is 1.52. The van der Waals surface area contributed by atoms with Crippen LogP contribution >= 0.6 is 34.8 Å². The maximum Gasteiger partial charge on any atom is 0.352 e. The van der Waals surface area contributed by atoms with Crippen LogP contribution in [0.3, 0.4) is 0 Å². The molecule has 2 fully saturated rings. The van der Waals surface area contributed by atoms with Crippen molar-refractivity contribution in [2.45, 2.75) is 34.7 Å². The minimum atomic E-state index is -2.80. The second-order valence-electron chi connectivity index (χ2n) is 11.5. The first-order chi connectivity index (χ1) is 23.1. The average Bonchev–Trinajstić information content (AvgIpc) is 3.42. The van der Waals surface area contributed by atoms with Crippen LogP contribution < -0.4 is 21.0 Å². The Labute approximate surface area is 285 Å². The molecule has 4 unspecified atom stereocenters. The monoisotopic (exact) mass is 742 g/mol. The van der Waals surface area contributed by atoms with Crippen molar-refractivity contribution in [3.05, 3.63) is 115 Å².